The molecule has 0 spiro atoms. The number of amides is 2. The Kier molecular flexibility index (Phi) is 7.00. The van der Waals surface area contributed by atoms with Gasteiger partial charge in [-0.15, -0.1) is 0 Å². The number of carbonyl (C=O) groups excluding carboxylic acids is 3. The van der Waals surface area contributed by atoms with E-state index in [2.05, 4.69) is 10.6 Å². The lowest BCUT2D eigenvalue weighted by Crippen LogP contribution is -2.30. The second kappa shape index (κ2) is 9.67. The van der Waals surface area contributed by atoms with Crippen LogP contribution in [0.5, 0.6) is 11.5 Å². The fourth-order valence-corrected chi connectivity index (χ4v) is 3.61. The van der Waals surface area contributed by atoms with Crippen LogP contribution in [0.25, 0.3) is 0 Å². The molecule has 1 aliphatic rings. The summed E-state index contributed by atoms with van der Waals surface area (Å²) in [6.45, 7) is 0.581. The number of hydrogen-bond donors (Lipinski definition) is 2. The van der Waals surface area contributed by atoms with E-state index in [4.69, 9.17) is 21.1 Å². The molecule has 0 aromatic heterocycles. The van der Waals surface area contributed by atoms with E-state index in [0.29, 0.717) is 46.8 Å². The summed E-state index contributed by atoms with van der Waals surface area (Å²) in [5, 5.41) is 5.36. The molecule has 1 saturated heterocycles. The maximum absolute atomic E-state index is 12.3. The Morgan fingerprint density at radius 1 is 1.21 bits per heavy atom. The Hall–Kier alpha value is -2.71. The normalized spacial score (nSPS) is 15.7. The fourth-order valence-electron chi connectivity index (χ4n) is 2.77. The topological polar surface area (TPSA) is 93.7 Å². The van der Waals surface area contributed by atoms with Crippen LogP contribution in [-0.4, -0.2) is 42.6 Å². The van der Waals surface area contributed by atoms with Crippen LogP contribution in [-0.2, 0) is 11.2 Å². The van der Waals surface area contributed by atoms with Crippen molar-refractivity contribution in [2.45, 2.75) is 12.5 Å². The van der Waals surface area contributed by atoms with Gasteiger partial charge in [0.2, 0.25) is 5.12 Å². The predicted molar refractivity (Wildman–Crippen MR) is 111 cm³/mol. The maximum Gasteiger partial charge on any atom is 0.287 e. The zero-order chi connectivity index (χ0) is 20.8. The summed E-state index contributed by atoms with van der Waals surface area (Å²) in [5.74, 6) is 0.780. The molecule has 2 N–H and O–H groups in total. The Morgan fingerprint density at radius 3 is 2.62 bits per heavy atom. The number of halogens is 1. The van der Waals surface area contributed by atoms with Crippen molar-refractivity contribution in [1.82, 2.24) is 10.6 Å². The number of rotatable bonds is 8. The molecule has 0 aliphatic carbocycles. The van der Waals surface area contributed by atoms with Crippen molar-refractivity contribution in [3.63, 3.8) is 0 Å². The average Bonchev–Trinajstić information content (AvgIpc) is 3.03. The number of methoxy groups -OCH3 is 1. The second-order valence-electron chi connectivity index (χ2n) is 6.20. The molecule has 2 amide bonds. The molecule has 0 saturated carbocycles. The van der Waals surface area contributed by atoms with Crippen molar-refractivity contribution < 1.29 is 23.9 Å². The lowest BCUT2D eigenvalue weighted by atomic mass is 10.1. The van der Waals surface area contributed by atoms with E-state index in [1.54, 1.807) is 30.3 Å². The summed E-state index contributed by atoms with van der Waals surface area (Å²) in [6, 6.07) is 11.6. The molecule has 1 unspecified atom stereocenters. The summed E-state index contributed by atoms with van der Waals surface area (Å²) in [4.78, 5) is 35.1. The molecule has 1 heterocycles. The molecule has 0 bridgehead atoms. The number of nitrogens with one attached hydrogen (secondary N) is 2. The van der Waals surface area contributed by atoms with Crippen LogP contribution >= 0.6 is 23.4 Å². The highest BCUT2D eigenvalue weighted by atomic mass is 35.5. The highest BCUT2D eigenvalue weighted by Gasteiger charge is 2.31. The van der Waals surface area contributed by atoms with Crippen LogP contribution in [0.4, 0.5) is 4.79 Å². The van der Waals surface area contributed by atoms with Crippen molar-refractivity contribution in [3.05, 3.63) is 58.6 Å². The van der Waals surface area contributed by atoms with Crippen molar-refractivity contribution in [1.29, 1.82) is 0 Å². The monoisotopic (exact) mass is 434 g/mol. The van der Waals surface area contributed by atoms with Gasteiger partial charge in [0.15, 0.2) is 0 Å². The number of benzene rings is 2. The molecule has 7 nitrogen and oxygen atoms in total. The van der Waals surface area contributed by atoms with Gasteiger partial charge in [-0.25, -0.2) is 0 Å². The Bertz CT molecular complexity index is 920. The number of hydrogen-bond acceptors (Lipinski definition) is 6. The first-order valence-electron chi connectivity index (χ1n) is 8.82. The zero-order valence-corrected chi connectivity index (χ0v) is 17.1. The van der Waals surface area contributed by atoms with Crippen molar-refractivity contribution in [3.8, 4) is 11.5 Å². The summed E-state index contributed by atoms with van der Waals surface area (Å²) in [5.41, 5.74) is 1.27. The lowest BCUT2D eigenvalue weighted by molar-refractivity contribution is -0.112. The van der Waals surface area contributed by atoms with Gasteiger partial charge in [0.1, 0.15) is 24.1 Å². The minimum absolute atomic E-state index is 0.164. The van der Waals surface area contributed by atoms with Gasteiger partial charge >= 0.3 is 0 Å². The largest absolute Gasteiger partial charge is 0.496 e. The molecule has 1 fully saturated rings. The van der Waals surface area contributed by atoms with Crippen molar-refractivity contribution >= 4 is 39.6 Å². The summed E-state index contributed by atoms with van der Waals surface area (Å²) < 4.78 is 10.8. The van der Waals surface area contributed by atoms with Crippen LogP contribution in [0.1, 0.15) is 15.9 Å². The molecule has 29 heavy (non-hydrogen) atoms. The van der Waals surface area contributed by atoms with E-state index >= 15 is 0 Å². The summed E-state index contributed by atoms with van der Waals surface area (Å²) in [7, 11) is 1.49. The van der Waals surface area contributed by atoms with E-state index in [9.17, 15) is 14.4 Å². The van der Waals surface area contributed by atoms with Gasteiger partial charge in [-0.05, 0) is 35.9 Å². The first-order chi connectivity index (χ1) is 14.0. The fraction of sp³-hybridized carbons (Fsp3) is 0.250. The van der Waals surface area contributed by atoms with E-state index in [-0.39, 0.29) is 22.9 Å². The SMILES string of the molecule is COc1ccc(Cl)cc1C(=O)NCCOc1ccc(CC2NC(=O)SC2=O)cc1. The zero-order valence-electron chi connectivity index (χ0n) is 15.6. The second-order valence-corrected chi connectivity index (χ2v) is 7.62. The van der Waals surface area contributed by atoms with Gasteiger partial charge in [0.05, 0.1) is 19.2 Å². The van der Waals surface area contributed by atoms with E-state index < -0.39 is 6.04 Å². The smallest absolute Gasteiger partial charge is 0.287 e. The molecule has 2 aromatic rings. The van der Waals surface area contributed by atoms with Gasteiger partial charge in [0.25, 0.3) is 11.1 Å². The van der Waals surface area contributed by atoms with Crippen molar-refractivity contribution in [2.24, 2.45) is 0 Å². The quantitative estimate of drug-likeness (QED) is 0.620. The molecular formula is C20H19ClN2O5S. The third kappa shape index (κ3) is 5.65. The summed E-state index contributed by atoms with van der Waals surface area (Å²) in [6.07, 6.45) is 0.440. The van der Waals surface area contributed by atoms with Crippen LogP contribution in [0.15, 0.2) is 42.5 Å². The van der Waals surface area contributed by atoms with Gasteiger partial charge in [0, 0.05) is 23.2 Å². The van der Waals surface area contributed by atoms with E-state index in [1.165, 1.54) is 7.11 Å². The highest BCUT2D eigenvalue weighted by molar-refractivity contribution is 8.26. The maximum atomic E-state index is 12.3. The van der Waals surface area contributed by atoms with Gasteiger partial charge in [-0.2, -0.15) is 0 Å². The highest BCUT2D eigenvalue weighted by Crippen LogP contribution is 2.22. The number of thioether (sulfide) groups is 1. The molecule has 152 valence electrons. The minimum Gasteiger partial charge on any atom is -0.496 e. The van der Waals surface area contributed by atoms with Crippen LogP contribution in [0, 0.1) is 0 Å². The van der Waals surface area contributed by atoms with Crippen LogP contribution in [0.3, 0.4) is 0 Å². The lowest BCUT2D eigenvalue weighted by Gasteiger charge is -2.11. The molecule has 1 atom stereocenters. The van der Waals surface area contributed by atoms with Crippen LogP contribution in [0.2, 0.25) is 5.02 Å². The van der Waals surface area contributed by atoms with Crippen LogP contribution < -0.4 is 20.1 Å². The van der Waals surface area contributed by atoms with Gasteiger partial charge < -0.3 is 20.1 Å². The van der Waals surface area contributed by atoms with E-state index in [0.717, 1.165) is 5.56 Å². The number of carbonyl (C=O) groups is 3. The average molecular weight is 435 g/mol. The molecule has 3 rings (SSSR count). The molecule has 2 aromatic carbocycles. The molecule has 1 aliphatic heterocycles. The molecule has 0 radical (unpaired) electrons. The number of ether oxygens (including phenoxy) is 2. The Morgan fingerprint density at radius 2 is 1.97 bits per heavy atom. The third-order valence-electron chi connectivity index (χ3n) is 4.20. The first-order valence-corrected chi connectivity index (χ1v) is 10.0. The molecular weight excluding hydrogens is 416 g/mol. The van der Waals surface area contributed by atoms with Gasteiger partial charge in [-0.1, -0.05) is 23.7 Å². The summed E-state index contributed by atoms with van der Waals surface area (Å²) >= 11 is 6.64. The Labute approximate surface area is 177 Å². The Balaban J connectivity index is 1.45. The van der Waals surface area contributed by atoms with Gasteiger partial charge in [-0.3, -0.25) is 14.4 Å². The third-order valence-corrected chi connectivity index (χ3v) is 5.22. The standard InChI is InChI=1S/C20H19ClN2O5S/c1-27-17-7-4-13(21)11-15(17)18(24)22-8-9-28-14-5-2-12(3-6-14)10-16-19(25)29-20(26)23-16/h2-7,11,16H,8-10H2,1H3,(H,22,24)(H,23,26). The van der Waals surface area contributed by atoms with E-state index in [1.807, 2.05) is 12.1 Å². The minimum atomic E-state index is -0.488. The predicted octanol–water partition coefficient (Wildman–Crippen LogP) is 3.05. The molecule has 9 heteroatoms. The van der Waals surface area contributed by atoms with Crippen molar-refractivity contribution in [2.75, 3.05) is 20.3 Å². The first kappa shape index (κ1) is 21.0.